The van der Waals surface area contributed by atoms with Crippen molar-refractivity contribution in [3.8, 4) is 0 Å². The van der Waals surface area contributed by atoms with Crippen LogP contribution in [0.25, 0.3) is 0 Å². The maximum absolute atomic E-state index is 12.3. The topological polar surface area (TPSA) is 106 Å². The van der Waals surface area contributed by atoms with E-state index in [4.69, 9.17) is 4.99 Å². The van der Waals surface area contributed by atoms with Crippen molar-refractivity contribution in [1.82, 2.24) is 26.1 Å². The SMILES string of the molecule is Cc1cc(NC2=CC=NC(C)(CC3CCC(NC(=O)NC4CCCCC4)CC3)N2)n[nH]1. The number of urea groups is 1. The molecule has 2 amide bonds. The standard InChI is InChI=1S/C23H37N7O/c1-16-14-21(30-29-16)27-20-12-13-24-23(2,28-20)15-17-8-10-19(11-9-17)26-22(31)25-18-6-4-3-5-7-18/h12-14,17-19,28H,3-11,15H2,1-2H3,(H2,25,26,31)(H2,27,29,30). The fourth-order valence-electron chi connectivity index (χ4n) is 5.17. The molecule has 1 atom stereocenters. The van der Waals surface area contributed by atoms with E-state index < -0.39 is 0 Å². The maximum Gasteiger partial charge on any atom is 0.315 e. The number of aliphatic imine (C=N–C) groups is 1. The summed E-state index contributed by atoms with van der Waals surface area (Å²) in [5.74, 6) is 2.31. The number of carbonyl (C=O) groups excluding carboxylic acids is 1. The summed E-state index contributed by atoms with van der Waals surface area (Å²) in [6.45, 7) is 4.13. The Hall–Kier alpha value is -2.51. The lowest BCUT2D eigenvalue weighted by Gasteiger charge is -2.37. The Labute approximate surface area is 185 Å². The first-order chi connectivity index (χ1) is 15.0. The molecule has 0 spiro atoms. The number of anilines is 1. The van der Waals surface area contributed by atoms with Gasteiger partial charge in [0.1, 0.15) is 11.5 Å². The van der Waals surface area contributed by atoms with E-state index in [-0.39, 0.29) is 17.7 Å². The van der Waals surface area contributed by atoms with Crippen LogP contribution in [-0.4, -0.2) is 40.2 Å². The van der Waals surface area contributed by atoms with E-state index in [2.05, 4.69) is 38.4 Å². The predicted molar refractivity (Wildman–Crippen MR) is 124 cm³/mol. The lowest BCUT2D eigenvalue weighted by atomic mass is 9.81. The van der Waals surface area contributed by atoms with Gasteiger partial charge in [-0.3, -0.25) is 10.1 Å². The number of nitrogens with zero attached hydrogens (tertiary/aromatic N) is 2. The van der Waals surface area contributed by atoms with E-state index in [0.29, 0.717) is 12.0 Å². The van der Waals surface area contributed by atoms with Gasteiger partial charge in [0.2, 0.25) is 0 Å². The molecule has 31 heavy (non-hydrogen) atoms. The predicted octanol–water partition coefficient (Wildman–Crippen LogP) is 3.94. The minimum atomic E-state index is -0.328. The third kappa shape index (κ3) is 6.24. The Bertz CT molecular complexity index is 803. The first kappa shape index (κ1) is 21.7. The molecule has 4 rings (SSSR count). The van der Waals surface area contributed by atoms with Gasteiger partial charge in [-0.25, -0.2) is 4.79 Å². The zero-order chi connectivity index (χ0) is 21.7. The molecule has 1 aliphatic heterocycles. The van der Waals surface area contributed by atoms with E-state index in [9.17, 15) is 4.79 Å². The molecule has 0 aromatic carbocycles. The molecule has 0 saturated heterocycles. The number of aromatic amines is 1. The Morgan fingerprint density at radius 1 is 1.10 bits per heavy atom. The van der Waals surface area contributed by atoms with Crippen molar-refractivity contribution in [3.05, 3.63) is 23.7 Å². The van der Waals surface area contributed by atoms with Gasteiger partial charge in [-0.15, -0.1) is 0 Å². The summed E-state index contributed by atoms with van der Waals surface area (Å²) in [5.41, 5.74) is 0.694. The summed E-state index contributed by atoms with van der Waals surface area (Å²) < 4.78 is 0. The largest absolute Gasteiger partial charge is 0.348 e. The maximum atomic E-state index is 12.3. The highest BCUT2D eigenvalue weighted by Crippen LogP contribution is 2.32. The van der Waals surface area contributed by atoms with E-state index in [0.717, 1.165) is 62.3 Å². The van der Waals surface area contributed by atoms with E-state index >= 15 is 0 Å². The van der Waals surface area contributed by atoms with Crippen molar-refractivity contribution in [1.29, 1.82) is 0 Å². The summed E-state index contributed by atoms with van der Waals surface area (Å²) in [7, 11) is 0. The smallest absolute Gasteiger partial charge is 0.315 e. The number of carbonyl (C=O) groups is 1. The van der Waals surface area contributed by atoms with Crippen LogP contribution < -0.4 is 21.3 Å². The quantitative estimate of drug-likeness (QED) is 0.474. The molecule has 1 aromatic rings. The number of amides is 2. The van der Waals surface area contributed by atoms with Crippen molar-refractivity contribution in [2.24, 2.45) is 10.9 Å². The Balaban J connectivity index is 1.20. The van der Waals surface area contributed by atoms with Crippen LogP contribution >= 0.6 is 0 Å². The molecule has 1 unspecified atom stereocenters. The number of H-pyrrole nitrogens is 1. The lowest BCUT2D eigenvalue weighted by molar-refractivity contribution is 0.206. The number of hydrogen-bond acceptors (Lipinski definition) is 5. The van der Waals surface area contributed by atoms with Gasteiger partial charge in [-0.2, -0.15) is 5.10 Å². The second kappa shape index (κ2) is 9.75. The first-order valence-corrected chi connectivity index (χ1v) is 11.9. The van der Waals surface area contributed by atoms with Crippen LogP contribution in [-0.2, 0) is 0 Å². The van der Waals surface area contributed by atoms with Crippen molar-refractivity contribution >= 4 is 18.1 Å². The fraction of sp³-hybridized carbons (Fsp3) is 0.696. The van der Waals surface area contributed by atoms with Crippen LogP contribution in [0.15, 0.2) is 23.0 Å². The molecule has 3 aliphatic rings. The highest BCUT2D eigenvalue weighted by Gasteiger charge is 2.32. The van der Waals surface area contributed by atoms with Crippen LogP contribution in [0.5, 0.6) is 0 Å². The molecule has 2 aliphatic carbocycles. The molecule has 170 valence electrons. The van der Waals surface area contributed by atoms with Crippen molar-refractivity contribution < 1.29 is 4.79 Å². The van der Waals surface area contributed by atoms with Crippen LogP contribution in [0.1, 0.15) is 76.8 Å². The number of rotatable bonds is 6. The van der Waals surface area contributed by atoms with Gasteiger partial charge in [0.05, 0.1) is 0 Å². The van der Waals surface area contributed by atoms with Gasteiger partial charge in [0.25, 0.3) is 0 Å². The van der Waals surface area contributed by atoms with Crippen molar-refractivity contribution in [2.75, 3.05) is 5.32 Å². The molecule has 5 N–H and O–H groups in total. The molecule has 2 heterocycles. The number of allylic oxidation sites excluding steroid dienone is 1. The van der Waals surface area contributed by atoms with Crippen molar-refractivity contribution in [2.45, 2.75) is 95.8 Å². The molecular formula is C23H37N7O. The van der Waals surface area contributed by atoms with E-state index in [1.165, 1.54) is 19.3 Å². The Morgan fingerprint density at radius 3 is 2.48 bits per heavy atom. The molecule has 0 radical (unpaired) electrons. The zero-order valence-electron chi connectivity index (χ0n) is 18.8. The number of nitrogens with one attached hydrogen (secondary N) is 5. The molecule has 2 fully saturated rings. The van der Waals surface area contributed by atoms with E-state index in [1.807, 2.05) is 25.3 Å². The first-order valence-electron chi connectivity index (χ1n) is 11.9. The van der Waals surface area contributed by atoms with Gasteiger partial charge >= 0.3 is 6.03 Å². The average Bonchev–Trinajstić information content (AvgIpc) is 3.14. The van der Waals surface area contributed by atoms with Gasteiger partial charge in [0.15, 0.2) is 5.82 Å². The summed E-state index contributed by atoms with van der Waals surface area (Å²) in [6.07, 6.45) is 15.1. The summed E-state index contributed by atoms with van der Waals surface area (Å²) in [4.78, 5) is 17.1. The number of hydrogen-bond donors (Lipinski definition) is 5. The molecule has 1 aromatic heterocycles. The Morgan fingerprint density at radius 2 is 1.81 bits per heavy atom. The third-order valence-corrected chi connectivity index (χ3v) is 6.78. The minimum absolute atomic E-state index is 0.0234. The van der Waals surface area contributed by atoms with Crippen LogP contribution in [0.2, 0.25) is 0 Å². The van der Waals surface area contributed by atoms with Gasteiger partial charge in [0, 0.05) is 30.1 Å². The van der Waals surface area contributed by atoms with Crippen LogP contribution in [0, 0.1) is 12.8 Å². The van der Waals surface area contributed by atoms with Crippen molar-refractivity contribution in [3.63, 3.8) is 0 Å². The second-order valence-electron chi connectivity index (χ2n) is 9.69. The summed E-state index contributed by atoms with van der Waals surface area (Å²) in [6, 6.07) is 2.65. The van der Waals surface area contributed by atoms with Crippen LogP contribution in [0.3, 0.4) is 0 Å². The fourth-order valence-corrected chi connectivity index (χ4v) is 5.17. The normalized spacial score (nSPS) is 29.0. The van der Waals surface area contributed by atoms with E-state index in [1.54, 1.807) is 0 Å². The van der Waals surface area contributed by atoms with Gasteiger partial charge in [-0.1, -0.05) is 19.3 Å². The second-order valence-corrected chi connectivity index (χ2v) is 9.69. The summed E-state index contributed by atoms with van der Waals surface area (Å²) in [5, 5.41) is 20.4. The molecule has 2 saturated carbocycles. The van der Waals surface area contributed by atoms with Gasteiger partial charge in [-0.05, 0) is 70.8 Å². The van der Waals surface area contributed by atoms with Crippen LogP contribution in [0.4, 0.5) is 10.6 Å². The zero-order valence-corrected chi connectivity index (χ0v) is 18.8. The highest BCUT2D eigenvalue weighted by molar-refractivity contribution is 5.75. The third-order valence-electron chi connectivity index (χ3n) is 6.78. The number of aryl methyl sites for hydroxylation is 1. The number of aromatic nitrogens is 2. The van der Waals surface area contributed by atoms with Gasteiger partial charge < -0.3 is 21.3 Å². The lowest BCUT2D eigenvalue weighted by Crippen LogP contribution is -2.48. The minimum Gasteiger partial charge on any atom is -0.348 e. The summed E-state index contributed by atoms with van der Waals surface area (Å²) >= 11 is 0. The molecule has 8 nitrogen and oxygen atoms in total. The highest BCUT2D eigenvalue weighted by atomic mass is 16.2. The molecule has 8 heteroatoms. The Kier molecular flexibility index (Phi) is 6.83. The average molecular weight is 428 g/mol. The monoisotopic (exact) mass is 427 g/mol. The molecule has 0 bridgehead atoms. The molecular weight excluding hydrogens is 390 g/mol.